The molecule has 1 aromatic heterocycles. The highest BCUT2D eigenvalue weighted by molar-refractivity contribution is 6.42. The number of benzene rings is 3. The van der Waals surface area contributed by atoms with E-state index >= 15 is 0 Å². The predicted octanol–water partition coefficient (Wildman–Crippen LogP) is 6.71. The number of hydrogen-bond donors (Lipinski definition) is 2. The number of fused-ring (bicyclic) bond motifs is 1. The molecule has 188 valence electrons. The molecule has 0 radical (unpaired) electrons. The number of carbonyl (C=O) groups is 1. The van der Waals surface area contributed by atoms with Crippen LogP contribution in [0.1, 0.15) is 35.2 Å². The van der Waals surface area contributed by atoms with Gasteiger partial charge < -0.3 is 15.4 Å². The van der Waals surface area contributed by atoms with Gasteiger partial charge in [0.15, 0.2) is 0 Å². The van der Waals surface area contributed by atoms with Crippen LogP contribution >= 0.6 is 23.2 Å². The van der Waals surface area contributed by atoms with Gasteiger partial charge in [0.1, 0.15) is 24.7 Å². The second-order valence-electron chi connectivity index (χ2n) is 8.97. The summed E-state index contributed by atoms with van der Waals surface area (Å²) in [7, 11) is 0. The summed E-state index contributed by atoms with van der Waals surface area (Å²) < 4.78 is 7.66. The summed E-state index contributed by atoms with van der Waals surface area (Å²) in [5.41, 5.74) is 5.96. The molecule has 37 heavy (non-hydrogen) atoms. The summed E-state index contributed by atoms with van der Waals surface area (Å²) in [4.78, 5) is 17.9. The largest absolute Gasteiger partial charge is 0.489 e. The van der Waals surface area contributed by atoms with Crippen molar-refractivity contribution in [1.82, 2.24) is 14.8 Å². The van der Waals surface area contributed by atoms with E-state index in [1.165, 1.54) is 6.33 Å². The molecule has 4 aromatic rings. The lowest BCUT2D eigenvalue weighted by Crippen LogP contribution is -2.31. The van der Waals surface area contributed by atoms with Crippen molar-refractivity contribution >= 4 is 40.7 Å². The van der Waals surface area contributed by atoms with Gasteiger partial charge in [-0.25, -0.2) is 4.68 Å². The molecule has 0 spiro atoms. The number of nitrogens with zero attached hydrogens (tertiary/aromatic N) is 3. The minimum absolute atomic E-state index is 0.206. The molecule has 1 amide bonds. The number of rotatable bonds is 6. The van der Waals surface area contributed by atoms with Crippen LogP contribution < -0.4 is 15.4 Å². The molecule has 1 atom stereocenters. The van der Waals surface area contributed by atoms with Crippen LogP contribution in [0.3, 0.4) is 0 Å². The molecule has 1 aliphatic rings. The maximum absolute atomic E-state index is 13.6. The minimum Gasteiger partial charge on any atom is -0.489 e. The van der Waals surface area contributed by atoms with E-state index in [9.17, 15) is 4.79 Å². The number of halogens is 2. The van der Waals surface area contributed by atoms with Crippen LogP contribution in [0.2, 0.25) is 10.0 Å². The Bertz CT molecular complexity index is 1510. The van der Waals surface area contributed by atoms with Gasteiger partial charge in [-0.1, -0.05) is 59.1 Å². The number of ether oxygens (including phenoxy) is 1. The summed E-state index contributed by atoms with van der Waals surface area (Å²) in [6.45, 7) is 6.22. The molecule has 0 saturated heterocycles. The molecule has 0 bridgehead atoms. The summed E-state index contributed by atoms with van der Waals surface area (Å²) in [5, 5.41) is 11.7. The second-order valence-corrected chi connectivity index (χ2v) is 9.79. The van der Waals surface area contributed by atoms with E-state index in [1.54, 1.807) is 16.8 Å². The molecular formula is C28H25Cl2N5O2. The molecule has 3 aromatic carbocycles. The van der Waals surface area contributed by atoms with E-state index in [2.05, 4.69) is 20.7 Å². The van der Waals surface area contributed by atoms with Crippen LogP contribution in [0.25, 0.3) is 0 Å². The van der Waals surface area contributed by atoms with E-state index < -0.39 is 6.04 Å². The summed E-state index contributed by atoms with van der Waals surface area (Å²) >= 11 is 12.1. The van der Waals surface area contributed by atoms with Crippen LogP contribution in [0.4, 0.5) is 11.6 Å². The third-order valence-corrected chi connectivity index (χ3v) is 6.99. The first-order valence-electron chi connectivity index (χ1n) is 11.7. The van der Waals surface area contributed by atoms with Crippen molar-refractivity contribution in [2.45, 2.75) is 33.4 Å². The molecular weight excluding hydrogens is 509 g/mol. The standard InChI is InChI=1S/C28H25Cl2N5O2/c1-16-4-11-24(17(2)12-16)34-27(36)25-18(3)33-28-31-15-32-35(28)26(25)20-6-8-21(9-7-20)37-14-19-5-10-22(29)23(30)13-19/h4-13,15,26H,14H2,1-3H3,(H,34,36)(H,31,32,33). The Hall–Kier alpha value is -3.81. The lowest BCUT2D eigenvalue weighted by atomic mass is 9.94. The Morgan fingerprint density at radius 2 is 1.81 bits per heavy atom. The first-order valence-corrected chi connectivity index (χ1v) is 12.5. The molecule has 1 aliphatic heterocycles. The Balaban J connectivity index is 1.40. The fourth-order valence-corrected chi connectivity index (χ4v) is 4.70. The van der Waals surface area contributed by atoms with Crippen LogP contribution in [-0.4, -0.2) is 20.7 Å². The Kier molecular flexibility index (Phi) is 6.91. The van der Waals surface area contributed by atoms with Gasteiger partial charge in [0.2, 0.25) is 5.95 Å². The lowest BCUT2D eigenvalue weighted by molar-refractivity contribution is -0.113. The number of allylic oxidation sites excluding steroid dienone is 1. The topological polar surface area (TPSA) is 81.1 Å². The van der Waals surface area contributed by atoms with Crippen molar-refractivity contribution in [2.75, 3.05) is 10.6 Å². The average molecular weight is 534 g/mol. The lowest BCUT2D eigenvalue weighted by Gasteiger charge is -2.29. The van der Waals surface area contributed by atoms with Crippen molar-refractivity contribution in [3.8, 4) is 5.75 Å². The smallest absolute Gasteiger partial charge is 0.255 e. The third kappa shape index (κ3) is 5.19. The quantitative estimate of drug-likeness (QED) is 0.288. The molecule has 5 rings (SSSR count). The van der Waals surface area contributed by atoms with Gasteiger partial charge >= 0.3 is 0 Å². The monoisotopic (exact) mass is 533 g/mol. The molecule has 7 nitrogen and oxygen atoms in total. The average Bonchev–Trinajstić information content (AvgIpc) is 3.34. The van der Waals surface area contributed by atoms with E-state index in [4.69, 9.17) is 27.9 Å². The van der Waals surface area contributed by atoms with Crippen LogP contribution in [0, 0.1) is 13.8 Å². The Morgan fingerprint density at radius 3 is 2.54 bits per heavy atom. The van der Waals surface area contributed by atoms with Gasteiger partial charge in [0.25, 0.3) is 5.91 Å². The fourth-order valence-electron chi connectivity index (χ4n) is 4.38. The van der Waals surface area contributed by atoms with Gasteiger partial charge in [-0.05, 0) is 67.8 Å². The zero-order valence-corrected chi connectivity index (χ0v) is 22.1. The van der Waals surface area contributed by atoms with Gasteiger partial charge in [-0.15, -0.1) is 0 Å². The van der Waals surface area contributed by atoms with E-state index in [0.717, 1.165) is 27.9 Å². The van der Waals surface area contributed by atoms with E-state index in [-0.39, 0.29) is 5.91 Å². The molecule has 1 unspecified atom stereocenters. The summed E-state index contributed by atoms with van der Waals surface area (Å²) in [6.07, 6.45) is 1.47. The zero-order chi connectivity index (χ0) is 26.1. The first-order chi connectivity index (χ1) is 17.8. The number of carbonyl (C=O) groups excluding carboxylic acids is 1. The Morgan fingerprint density at radius 1 is 1.03 bits per heavy atom. The van der Waals surface area contributed by atoms with Gasteiger partial charge in [-0.2, -0.15) is 10.1 Å². The van der Waals surface area contributed by atoms with Crippen molar-refractivity contribution in [1.29, 1.82) is 0 Å². The molecule has 0 aliphatic carbocycles. The van der Waals surface area contributed by atoms with Gasteiger partial charge in [0, 0.05) is 11.4 Å². The molecule has 0 fully saturated rings. The number of aryl methyl sites for hydroxylation is 2. The van der Waals surface area contributed by atoms with Crippen molar-refractivity contribution in [3.05, 3.63) is 111 Å². The van der Waals surface area contributed by atoms with E-state index in [1.807, 2.05) is 69.3 Å². The maximum atomic E-state index is 13.6. The molecule has 2 N–H and O–H groups in total. The summed E-state index contributed by atoms with van der Waals surface area (Å²) in [5.74, 6) is 1.05. The number of nitrogens with one attached hydrogen (secondary N) is 2. The normalized spacial score (nSPS) is 14.7. The molecule has 9 heteroatoms. The predicted molar refractivity (Wildman–Crippen MR) is 146 cm³/mol. The second kappa shape index (κ2) is 10.3. The number of amides is 1. The van der Waals surface area contributed by atoms with Crippen LogP contribution in [0.15, 0.2) is 78.3 Å². The number of hydrogen-bond acceptors (Lipinski definition) is 5. The Labute approximate surface area is 225 Å². The first kappa shape index (κ1) is 24.9. The highest BCUT2D eigenvalue weighted by Crippen LogP contribution is 2.36. The van der Waals surface area contributed by atoms with Gasteiger partial charge in [0.05, 0.1) is 15.6 Å². The number of anilines is 2. The fraction of sp³-hybridized carbons (Fsp3) is 0.179. The van der Waals surface area contributed by atoms with Crippen molar-refractivity contribution in [2.24, 2.45) is 0 Å². The van der Waals surface area contributed by atoms with E-state index in [0.29, 0.717) is 39.6 Å². The zero-order valence-electron chi connectivity index (χ0n) is 20.5. The van der Waals surface area contributed by atoms with Crippen LogP contribution in [-0.2, 0) is 11.4 Å². The molecule has 2 heterocycles. The SMILES string of the molecule is CC1=C(C(=O)Nc2ccc(C)cc2C)C(c2ccc(OCc3ccc(Cl)c(Cl)c3)cc2)n2ncnc2N1. The van der Waals surface area contributed by atoms with Crippen LogP contribution in [0.5, 0.6) is 5.75 Å². The highest BCUT2D eigenvalue weighted by Gasteiger charge is 2.33. The highest BCUT2D eigenvalue weighted by atomic mass is 35.5. The summed E-state index contributed by atoms with van der Waals surface area (Å²) in [6, 6.07) is 18.5. The molecule has 0 saturated carbocycles. The third-order valence-electron chi connectivity index (χ3n) is 6.25. The van der Waals surface area contributed by atoms with Gasteiger partial charge in [-0.3, -0.25) is 4.79 Å². The maximum Gasteiger partial charge on any atom is 0.255 e. The number of aromatic nitrogens is 3. The minimum atomic E-state index is -0.464. The van der Waals surface area contributed by atoms with Crippen molar-refractivity contribution in [3.63, 3.8) is 0 Å². The van der Waals surface area contributed by atoms with Crippen molar-refractivity contribution < 1.29 is 9.53 Å².